The van der Waals surface area contributed by atoms with E-state index < -0.39 is 0 Å². The molecule has 3 aromatic heterocycles. The summed E-state index contributed by atoms with van der Waals surface area (Å²) in [5.41, 5.74) is 9.95. The van der Waals surface area contributed by atoms with Gasteiger partial charge in [0.05, 0.1) is 22.4 Å². The number of furan rings is 1. The van der Waals surface area contributed by atoms with Crippen molar-refractivity contribution >= 4 is 65.3 Å². The highest BCUT2D eigenvalue weighted by molar-refractivity contribution is 6.22. The predicted molar refractivity (Wildman–Crippen MR) is 215 cm³/mol. The molecule has 0 saturated carbocycles. The molecular weight excluding hydrogens is 635 g/mol. The average molecular weight is 664 g/mol. The van der Waals surface area contributed by atoms with Gasteiger partial charge in [-0.25, -0.2) is 9.97 Å². The van der Waals surface area contributed by atoms with Crippen LogP contribution in [0.4, 0.5) is 0 Å². The molecule has 11 rings (SSSR count). The summed E-state index contributed by atoms with van der Waals surface area (Å²) in [6, 6.07) is 61.9. The van der Waals surface area contributed by atoms with Crippen LogP contribution < -0.4 is 0 Å². The van der Waals surface area contributed by atoms with Gasteiger partial charge in [-0.15, -0.1) is 0 Å². The van der Waals surface area contributed by atoms with E-state index in [1.807, 2.05) is 12.1 Å². The number of benzene rings is 8. The van der Waals surface area contributed by atoms with E-state index in [2.05, 4.69) is 168 Å². The molecule has 0 aliphatic rings. The highest BCUT2D eigenvalue weighted by Gasteiger charge is 2.22. The number of para-hydroxylation sites is 1. The summed E-state index contributed by atoms with van der Waals surface area (Å²) in [6.45, 7) is 0. The Morgan fingerprint density at radius 2 is 0.981 bits per heavy atom. The van der Waals surface area contributed by atoms with Crippen LogP contribution in [-0.4, -0.2) is 14.5 Å². The van der Waals surface area contributed by atoms with Crippen molar-refractivity contribution in [3.63, 3.8) is 0 Å². The first-order chi connectivity index (χ1) is 25.8. The molecule has 0 amide bonds. The predicted octanol–water partition coefficient (Wildman–Crippen LogP) is 12.8. The van der Waals surface area contributed by atoms with Crippen molar-refractivity contribution in [3.05, 3.63) is 176 Å². The zero-order chi connectivity index (χ0) is 34.2. The number of hydrogen-bond acceptors (Lipinski definition) is 3. The molecular formula is C48H29N3O. The lowest BCUT2D eigenvalue weighted by Crippen LogP contribution is -2.05. The number of aromatic nitrogens is 3. The Labute approximate surface area is 298 Å². The summed E-state index contributed by atoms with van der Waals surface area (Å²) in [4.78, 5) is 10.7. The van der Waals surface area contributed by atoms with Gasteiger partial charge < -0.3 is 4.42 Å². The van der Waals surface area contributed by atoms with E-state index >= 15 is 0 Å². The number of nitrogens with zero attached hydrogens (tertiary/aromatic N) is 3. The first-order valence-corrected chi connectivity index (χ1v) is 17.6. The Morgan fingerprint density at radius 1 is 0.385 bits per heavy atom. The molecule has 0 fully saturated rings. The lowest BCUT2D eigenvalue weighted by atomic mass is 9.98. The Kier molecular flexibility index (Phi) is 6.22. The monoisotopic (exact) mass is 663 g/mol. The number of hydrogen-bond donors (Lipinski definition) is 0. The quantitative estimate of drug-likeness (QED) is 0.188. The highest BCUT2D eigenvalue weighted by atomic mass is 16.3. The first kappa shape index (κ1) is 28.8. The lowest BCUT2D eigenvalue weighted by Gasteiger charge is -2.14. The largest absolute Gasteiger partial charge is 0.456 e. The van der Waals surface area contributed by atoms with Gasteiger partial charge in [0, 0.05) is 43.6 Å². The topological polar surface area (TPSA) is 43.9 Å². The van der Waals surface area contributed by atoms with E-state index in [1.165, 1.54) is 16.2 Å². The second kappa shape index (κ2) is 11.2. The van der Waals surface area contributed by atoms with E-state index in [0.717, 1.165) is 82.8 Å². The molecule has 0 aliphatic heterocycles. The molecule has 0 N–H and O–H groups in total. The molecule has 8 aromatic carbocycles. The van der Waals surface area contributed by atoms with Crippen LogP contribution in [0.2, 0.25) is 0 Å². The minimum absolute atomic E-state index is 0.629. The van der Waals surface area contributed by atoms with Crippen LogP contribution in [0.1, 0.15) is 0 Å². The molecule has 11 aromatic rings. The van der Waals surface area contributed by atoms with Crippen LogP contribution in [0.15, 0.2) is 180 Å². The maximum absolute atomic E-state index is 6.41. The van der Waals surface area contributed by atoms with Gasteiger partial charge in [-0.1, -0.05) is 152 Å². The lowest BCUT2D eigenvalue weighted by molar-refractivity contribution is 0.669. The Morgan fingerprint density at radius 3 is 1.73 bits per heavy atom. The number of rotatable bonds is 4. The Bertz CT molecular complexity index is 3120. The van der Waals surface area contributed by atoms with E-state index in [1.54, 1.807) is 0 Å². The maximum Gasteiger partial charge on any atom is 0.235 e. The van der Waals surface area contributed by atoms with Crippen LogP contribution >= 0.6 is 0 Å². The van der Waals surface area contributed by atoms with Crippen molar-refractivity contribution in [2.75, 3.05) is 0 Å². The van der Waals surface area contributed by atoms with E-state index in [0.29, 0.717) is 5.95 Å². The zero-order valence-electron chi connectivity index (χ0n) is 28.0. The fraction of sp³-hybridized carbons (Fsp3) is 0. The third-order valence-electron chi connectivity index (χ3n) is 10.4. The number of fused-ring (bicyclic) bond motifs is 10. The third-order valence-corrected chi connectivity index (χ3v) is 10.4. The molecule has 4 heteroatoms. The van der Waals surface area contributed by atoms with Gasteiger partial charge in [-0.05, 0) is 46.0 Å². The van der Waals surface area contributed by atoms with Gasteiger partial charge in [0.15, 0.2) is 0 Å². The Hall–Kier alpha value is -7.04. The van der Waals surface area contributed by atoms with Crippen LogP contribution in [-0.2, 0) is 0 Å². The van der Waals surface area contributed by atoms with Crippen molar-refractivity contribution in [2.45, 2.75) is 0 Å². The smallest absolute Gasteiger partial charge is 0.235 e. The standard InChI is InChI=1S/C48H29N3O/c1-3-14-32(15-4-1)41-29-42(33-16-5-2-6-17-33)50-48(49-41)51-46-36-19-10-8-13-31(36)22-25-39(46)38-21-11-20-37(47(38)51)34-24-26-43-40(28-34)45-35-18-9-7-12-30(35)23-27-44(45)52-43/h1-29H. The van der Waals surface area contributed by atoms with Crippen LogP contribution in [0.25, 0.3) is 105 Å². The summed E-state index contributed by atoms with van der Waals surface area (Å²) in [5, 5.41) is 9.25. The van der Waals surface area contributed by atoms with Crippen LogP contribution in [0, 0.1) is 0 Å². The maximum atomic E-state index is 6.41. The van der Waals surface area contributed by atoms with Crippen LogP contribution in [0.3, 0.4) is 0 Å². The van der Waals surface area contributed by atoms with Crippen molar-refractivity contribution in [1.82, 2.24) is 14.5 Å². The fourth-order valence-corrected chi connectivity index (χ4v) is 8.02. The summed E-state index contributed by atoms with van der Waals surface area (Å²) in [5.74, 6) is 0.629. The van der Waals surface area contributed by atoms with Crippen molar-refractivity contribution in [1.29, 1.82) is 0 Å². The van der Waals surface area contributed by atoms with Gasteiger partial charge in [0.2, 0.25) is 5.95 Å². The molecule has 52 heavy (non-hydrogen) atoms. The second-order valence-corrected chi connectivity index (χ2v) is 13.4. The SMILES string of the molecule is c1ccc(-c2cc(-c3ccccc3)nc(-n3c4c(-c5ccc6oc7ccc8ccccc8c7c6c5)cccc4c4ccc5ccccc5c43)n2)cc1. The molecule has 3 heterocycles. The molecule has 0 aliphatic carbocycles. The van der Waals surface area contributed by atoms with Gasteiger partial charge in [0.25, 0.3) is 0 Å². The summed E-state index contributed by atoms with van der Waals surface area (Å²) in [6.07, 6.45) is 0. The van der Waals surface area contributed by atoms with Crippen molar-refractivity contribution < 1.29 is 4.42 Å². The molecule has 0 radical (unpaired) electrons. The molecule has 0 saturated heterocycles. The molecule has 242 valence electrons. The molecule has 0 spiro atoms. The molecule has 0 atom stereocenters. The van der Waals surface area contributed by atoms with E-state index in [9.17, 15) is 0 Å². The molecule has 0 bridgehead atoms. The van der Waals surface area contributed by atoms with Crippen molar-refractivity contribution in [2.24, 2.45) is 0 Å². The first-order valence-electron chi connectivity index (χ1n) is 17.6. The highest BCUT2D eigenvalue weighted by Crippen LogP contribution is 2.43. The minimum Gasteiger partial charge on any atom is -0.456 e. The summed E-state index contributed by atoms with van der Waals surface area (Å²) >= 11 is 0. The van der Waals surface area contributed by atoms with Gasteiger partial charge in [-0.2, -0.15) is 0 Å². The fourth-order valence-electron chi connectivity index (χ4n) is 8.02. The second-order valence-electron chi connectivity index (χ2n) is 13.4. The third kappa shape index (κ3) is 4.34. The van der Waals surface area contributed by atoms with Crippen LogP contribution in [0.5, 0.6) is 0 Å². The normalized spacial score (nSPS) is 11.8. The van der Waals surface area contributed by atoms with Gasteiger partial charge >= 0.3 is 0 Å². The van der Waals surface area contributed by atoms with E-state index in [-0.39, 0.29) is 0 Å². The summed E-state index contributed by atoms with van der Waals surface area (Å²) in [7, 11) is 0. The zero-order valence-corrected chi connectivity index (χ0v) is 28.0. The minimum atomic E-state index is 0.629. The van der Waals surface area contributed by atoms with Gasteiger partial charge in [-0.3, -0.25) is 4.57 Å². The van der Waals surface area contributed by atoms with E-state index in [4.69, 9.17) is 14.4 Å². The van der Waals surface area contributed by atoms with Crippen molar-refractivity contribution in [3.8, 4) is 39.6 Å². The van der Waals surface area contributed by atoms with Gasteiger partial charge in [0.1, 0.15) is 11.2 Å². The summed E-state index contributed by atoms with van der Waals surface area (Å²) < 4.78 is 8.71. The molecule has 4 nitrogen and oxygen atoms in total. The molecule has 0 unspecified atom stereocenters. The average Bonchev–Trinajstić information content (AvgIpc) is 3.77. The Balaban J connectivity index is 1.27.